The molecule has 4 aromatic carbocycles. The SMILES string of the molecule is COC(=O)[C@]1(Cc2ccccc2)N[C@H](c2ccc(Cl)cc2)[C@]2([N+](=O)[O-])[C@H]1c1ccccc1O[C@H]2c1ccccc1. The highest BCUT2D eigenvalue weighted by Crippen LogP contribution is 2.64. The summed E-state index contributed by atoms with van der Waals surface area (Å²) >= 11 is 6.23. The number of carbonyl (C=O) groups excluding carboxylic acids is 1. The Morgan fingerprint density at radius 2 is 1.55 bits per heavy atom. The number of hydrogen-bond donors (Lipinski definition) is 1. The molecular formula is C32H27ClN2O5. The van der Waals surface area contributed by atoms with Crippen molar-refractivity contribution in [1.29, 1.82) is 0 Å². The summed E-state index contributed by atoms with van der Waals surface area (Å²) in [4.78, 5) is 27.6. The van der Waals surface area contributed by atoms with E-state index >= 15 is 0 Å². The number of rotatable bonds is 6. The highest BCUT2D eigenvalue weighted by molar-refractivity contribution is 6.30. The molecule has 0 aromatic heterocycles. The van der Waals surface area contributed by atoms with Gasteiger partial charge in [0, 0.05) is 21.9 Å². The van der Waals surface area contributed by atoms with Gasteiger partial charge in [-0.25, -0.2) is 0 Å². The number of fused-ring (bicyclic) bond motifs is 3. The van der Waals surface area contributed by atoms with Crippen LogP contribution in [0.25, 0.3) is 0 Å². The molecule has 202 valence electrons. The molecule has 2 heterocycles. The predicted molar refractivity (Wildman–Crippen MR) is 151 cm³/mol. The van der Waals surface area contributed by atoms with Gasteiger partial charge in [-0.15, -0.1) is 0 Å². The van der Waals surface area contributed by atoms with Crippen molar-refractivity contribution in [2.24, 2.45) is 0 Å². The molecule has 0 radical (unpaired) electrons. The first kappa shape index (κ1) is 26.0. The van der Waals surface area contributed by atoms with Gasteiger partial charge in [0.05, 0.1) is 13.0 Å². The summed E-state index contributed by atoms with van der Waals surface area (Å²) in [5, 5.41) is 17.8. The molecule has 8 heteroatoms. The molecule has 6 rings (SSSR count). The van der Waals surface area contributed by atoms with Gasteiger partial charge in [0.25, 0.3) is 5.54 Å². The third-order valence-corrected chi connectivity index (χ3v) is 8.46. The number of esters is 1. The van der Waals surface area contributed by atoms with Crippen LogP contribution in [0.1, 0.15) is 40.3 Å². The fraction of sp³-hybridized carbons (Fsp3) is 0.219. The second-order valence-corrected chi connectivity index (χ2v) is 10.7. The molecule has 0 spiro atoms. The third-order valence-electron chi connectivity index (χ3n) is 8.21. The van der Waals surface area contributed by atoms with Crippen molar-refractivity contribution in [3.05, 3.63) is 147 Å². The van der Waals surface area contributed by atoms with E-state index in [-0.39, 0.29) is 11.3 Å². The molecule has 1 N–H and O–H groups in total. The van der Waals surface area contributed by atoms with Crippen LogP contribution in [-0.4, -0.2) is 29.1 Å². The van der Waals surface area contributed by atoms with Gasteiger partial charge in [-0.2, -0.15) is 0 Å². The predicted octanol–water partition coefficient (Wildman–Crippen LogP) is 6.07. The Balaban J connectivity index is 1.71. The molecule has 1 fully saturated rings. The molecule has 5 atom stereocenters. The summed E-state index contributed by atoms with van der Waals surface area (Å²) < 4.78 is 12.0. The van der Waals surface area contributed by atoms with Crippen LogP contribution in [0.3, 0.4) is 0 Å². The number of nitro groups is 1. The Morgan fingerprint density at radius 3 is 2.20 bits per heavy atom. The van der Waals surface area contributed by atoms with E-state index in [1.165, 1.54) is 7.11 Å². The van der Waals surface area contributed by atoms with Crippen molar-refractivity contribution < 1.29 is 19.2 Å². The molecule has 0 aliphatic carbocycles. The monoisotopic (exact) mass is 554 g/mol. The number of para-hydroxylation sites is 1. The van der Waals surface area contributed by atoms with Crippen molar-refractivity contribution in [2.75, 3.05) is 7.11 Å². The smallest absolute Gasteiger partial charge is 0.327 e. The van der Waals surface area contributed by atoms with E-state index in [1.807, 2.05) is 78.9 Å². The zero-order valence-electron chi connectivity index (χ0n) is 21.7. The normalized spacial score (nSPS) is 26.7. The molecule has 2 aliphatic rings. The van der Waals surface area contributed by atoms with Crippen molar-refractivity contribution in [2.45, 2.75) is 35.6 Å². The minimum atomic E-state index is -1.84. The van der Waals surface area contributed by atoms with Crippen LogP contribution >= 0.6 is 11.6 Å². The molecule has 1 saturated heterocycles. The van der Waals surface area contributed by atoms with Crippen LogP contribution in [-0.2, 0) is 16.0 Å². The Morgan fingerprint density at radius 1 is 0.925 bits per heavy atom. The van der Waals surface area contributed by atoms with Gasteiger partial charge in [-0.3, -0.25) is 20.2 Å². The average molecular weight is 555 g/mol. The van der Waals surface area contributed by atoms with E-state index in [1.54, 1.807) is 30.3 Å². The zero-order chi connectivity index (χ0) is 27.9. The van der Waals surface area contributed by atoms with Crippen LogP contribution in [0, 0.1) is 10.1 Å². The summed E-state index contributed by atoms with van der Waals surface area (Å²) in [6.07, 6.45) is -0.861. The van der Waals surface area contributed by atoms with Crippen LogP contribution in [0.4, 0.5) is 0 Å². The highest BCUT2D eigenvalue weighted by Gasteiger charge is 2.79. The number of nitrogens with zero attached hydrogens (tertiary/aromatic N) is 1. The first-order valence-corrected chi connectivity index (χ1v) is 13.4. The maximum atomic E-state index is 14.1. The van der Waals surface area contributed by atoms with Crippen LogP contribution < -0.4 is 10.1 Å². The molecule has 40 heavy (non-hydrogen) atoms. The Kier molecular flexibility index (Phi) is 6.56. The van der Waals surface area contributed by atoms with Gasteiger partial charge in [0.2, 0.25) is 0 Å². The van der Waals surface area contributed by atoms with E-state index < -0.39 is 35.1 Å². The van der Waals surface area contributed by atoms with Crippen molar-refractivity contribution in [1.82, 2.24) is 5.32 Å². The minimum absolute atomic E-state index is 0.167. The Labute approximate surface area is 236 Å². The number of carbonyl (C=O) groups is 1. The quantitative estimate of drug-likeness (QED) is 0.177. The lowest BCUT2D eigenvalue weighted by Gasteiger charge is -2.44. The molecule has 4 aromatic rings. The number of ether oxygens (including phenoxy) is 2. The van der Waals surface area contributed by atoms with E-state index in [4.69, 9.17) is 21.1 Å². The van der Waals surface area contributed by atoms with Crippen molar-refractivity contribution >= 4 is 17.6 Å². The van der Waals surface area contributed by atoms with Crippen LogP contribution in [0.15, 0.2) is 109 Å². The third kappa shape index (κ3) is 3.88. The average Bonchev–Trinajstić information content (AvgIpc) is 3.31. The van der Waals surface area contributed by atoms with Crippen LogP contribution in [0.2, 0.25) is 5.02 Å². The van der Waals surface area contributed by atoms with Crippen molar-refractivity contribution in [3.8, 4) is 5.75 Å². The first-order chi connectivity index (χ1) is 19.4. The summed E-state index contributed by atoms with van der Waals surface area (Å²) in [6.45, 7) is 0. The molecule has 0 amide bonds. The number of hydrogen-bond acceptors (Lipinski definition) is 6. The van der Waals surface area contributed by atoms with E-state index in [0.717, 1.165) is 5.56 Å². The van der Waals surface area contributed by atoms with Gasteiger partial charge in [0.1, 0.15) is 17.3 Å². The molecule has 7 nitrogen and oxygen atoms in total. The molecule has 0 saturated carbocycles. The molecular weight excluding hydrogens is 528 g/mol. The van der Waals surface area contributed by atoms with Gasteiger partial charge in [0.15, 0.2) is 6.10 Å². The number of halogens is 1. The second kappa shape index (κ2) is 10.1. The minimum Gasteiger partial charge on any atom is -0.478 e. The molecule has 0 bridgehead atoms. The fourth-order valence-electron chi connectivity index (χ4n) is 6.66. The van der Waals surface area contributed by atoms with Crippen LogP contribution in [0.5, 0.6) is 5.75 Å². The standard InChI is InChI=1S/C32H27ClN2O5/c1-39-30(36)31(20-21-10-4-2-5-11-21)27-25-14-8-9-15-26(25)40-29(23-12-6-3-7-13-23)32(27,35(37)38)28(34-31)22-16-18-24(33)19-17-22/h2-19,27-29,34H,20H2,1H3/t27-,28+,29-,31+,32+/m0/s1. The van der Waals surface area contributed by atoms with Gasteiger partial charge >= 0.3 is 5.97 Å². The maximum Gasteiger partial charge on any atom is 0.327 e. The highest BCUT2D eigenvalue weighted by atomic mass is 35.5. The summed E-state index contributed by atoms with van der Waals surface area (Å²) in [5.41, 5.74) is -0.660. The Bertz CT molecular complexity index is 1550. The van der Waals surface area contributed by atoms with Crippen molar-refractivity contribution in [3.63, 3.8) is 0 Å². The lowest BCUT2D eigenvalue weighted by atomic mass is 9.62. The molecule has 0 unspecified atom stereocenters. The fourth-order valence-corrected chi connectivity index (χ4v) is 6.79. The van der Waals surface area contributed by atoms with E-state index in [9.17, 15) is 14.9 Å². The first-order valence-electron chi connectivity index (χ1n) is 13.0. The van der Waals surface area contributed by atoms with E-state index in [0.29, 0.717) is 27.5 Å². The zero-order valence-corrected chi connectivity index (χ0v) is 22.5. The van der Waals surface area contributed by atoms with Gasteiger partial charge < -0.3 is 9.47 Å². The summed E-state index contributed by atoms with van der Waals surface area (Å²) in [6, 6.07) is 31.9. The largest absolute Gasteiger partial charge is 0.478 e. The van der Waals surface area contributed by atoms with Gasteiger partial charge in [-0.05, 0) is 34.9 Å². The van der Waals surface area contributed by atoms with Gasteiger partial charge in [-0.1, -0.05) is 103 Å². The lowest BCUT2D eigenvalue weighted by molar-refractivity contribution is -0.591. The Hall–Kier alpha value is -4.20. The second-order valence-electron chi connectivity index (χ2n) is 10.3. The maximum absolute atomic E-state index is 14.1. The summed E-state index contributed by atoms with van der Waals surface area (Å²) in [7, 11) is 1.32. The number of methoxy groups -OCH3 is 1. The molecule has 2 aliphatic heterocycles. The van der Waals surface area contributed by atoms with E-state index in [2.05, 4.69) is 5.32 Å². The lowest BCUT2D eigenvalue weighted by Crippen LogP contribution is -2.59. The number of benzene rings is 4. The topological polar surface area (TPSA) is 90.7 Å². The number of nitrogens with one attached hydrogen (secondary N) is 1. The summed E-state index contributed by atoms with van der Waals surface area (Å²) in [5.74, 6) is -1.04.